The highest BCUT2D eigenvalue weighted by Gasteiger charge is 2.25. The molecule has 32 heavy (non-hydrogen) atoms. The predicted molar refractivity (Wildman–Crippen MR) is 120 cm³/mol. The summed E-state index contributed by atoms with van der Waals surface area (Å²) in [4.78, 5) is 23.4. The number of nitrogens with one attached hydrogen (secondary N) is 1. The van der Waals surface area contributed by atoms with Gasteiger partial charge in [0.25, 0.3) is 5.91 Å². The van der Waals surface area contributed by atoms with Crippen LogP contribution in [-0.2, 0) is 0 Å². The van der Waals surface area contributed by atoms with Crippen molar-refractivity contribution in [2.45, 2.75) is 19.4 Å². The monoisotopic (exact) mass is 438 g/mol. The van der Waals surface area contributed by atoms with Gasteiger partial charge in [0, 0.05) is 25.3 Å². The van der Waals surface area contributed by atoms with Gasteiger partial charge in [-0.1, -0.05) is 13.0 Å². The van der Waals surface area contributed by atoms with E-state index in [1.54, 1.807) is 6.20 Å². The number of rotatable bonds is 4. The number of aromatic nitrogens is 2. The molecule has 1 saturated heterocycles. The van der Waals surface area contributed by atoms with Gasteiger partial charge in [-0.25, -0.2) is 13.8 Å². The van der Waals surface area contributed by atoms with Crippen molar-refractivity contribution in [2.75, 3.05) is 29.0 Å². The van der Waals surface area contributed by atoms with Gasteiger partial charge < -0.3 is 21.7 Å². The standard InChI is InChI=1S/C23H24F2N6O/c1-13-9-14(26)12-31(11-13)20-7-8-28-10-19(20)30-23(32)22-17(27)5-6-18(29-22)21-15(24)3-2-4-16(21)25/h2-8,10,13-14H,9,11-12,26-27H2,1H3,(H,30,32). The molecule has 2 unspecified atom stereocenters. The molecule has 9 heteroatoms. The van der Waals surface area contributed by atoms with Gasteiger partial charge in [-0.2, -0.15) is 0 Å². The Hall–Kier alpha value is -3.59. The Bertz CT molecular complexity index is 1120. The van der Waals surface area contributed by atoms with Crippen molar-refractivity contribution >= 4 is 23.0 Å². The molecule has 0 saturated carbocycles. The summed E-state index contributed by atoms with van der Waals surface area (Å²) in [6, 6.07) is 8.13. The highest BCUT2D eigenvalue weighted by molar-refractivity contribution is 6.07. The first-order valence-electron chi connectivity index (χ1n) is 10.3. The number of benzene rings is 1. The van der Waals surface area contributed by atoms with Gasteiger partial charge in [-0.05, 0) is 42.7 Å². The van der Waals surface area contributed by atoms with E-state index < -0.39 is 17.5 Å². The van der Waals surface area contributed by atoms with E-state index in [2.05, 4.69) is 27.1 Å². The number of carbonyl (C=O) groups excluding carboxylic acids is 1. The number of anilines is 3. The van der Waals surface area contributed by atoms with Gasteiger partial charge in [0.05, 0.1) is 34.5 Å². The quantitative estimate of drug-likeness (QED) is 0.576. The van der Waals surface area contributed by atoms with Crippen molar-refractivity contribution in [3.8, 4) is 11.3 Å². The summed E-state index contributed by atoms with van der Waals surface area (Å²) < 4.78 is 28.4. The zero-order valence-electron chi connectivity index (χ0n) is 17.6. The third-order valence-corrected chi connectivity index (χ3v) is 5.44. The zero-order chi connectivity index (χ0) is 22.8. The number of halogens is 2. The van der Waals surface area contributed by atoms with Crippen LogP contribution >= 0.6 is 0 Å². The number of amides is 1. The van der Waals surface area contributed by atoms with E-state index in [1.165, 1.54) is 24.4 Å². The van der Waals surface area contributed by atoms with Crippen molar-refractivity contribution in [2.24, 2.45) is 11.7 Å². The number of piperidine rings is 1. The molecule has 1 aliphatic heterocycles. The fourth-order valence-corrected chi connectivity index (χ4v) is 4.07. The fourth-order valence-electron chi connectivity index (χ4n) is 4.07. The van der Waals surface area contributed by atoms with Crippen molar-refractivity contribution in [3.05, 3.63) is 66.1 Å². The Labute approximate surface area is 184 Å². The fraction of sp³-hybridized carbons (Fsp3) is 0.261. The SMILES string of the molecule is CC1CC(N)CN(c2ccncc2NC(=O)c2nc(-c3c(F)cccc3F)ccc2N)C1. The largest absolute Gasteiger partial charge is 0.397 e. The van der Waals surface area contributed by atoms with Gasteiger partial charge in [-0.15, -0.1) is 0 Å². The normalized spacial score (nSPS) is 18.4. The lowest BCUT2D eigenvalue weighted by molar-refractivity contribution is 0.102. The number of hydrogen-bond acceptors (Lipinski definition) is 6. The maximum Gasteiger partial charge on any atom is 0.276 e. The summed E-state index contributed by atoms with van der Waals surface area (Å²) in [5.41, 5.74) is 13.0. The molecule has 3 aromatic rings. The van der Waals surface area contributed by atoms with Crippen LogP contribution in [0, 0.1) is 17.6 Å². The number of hydrogen-bond donors (Lipinski definition) is 3. The van der Waals surface area contributed by atoms with Gasteiger partial charge >= 0.3 is 0 Å². The van der Waals surface area contributed by atoms with Crippen LogP contribution in [0.4, 0.5) is 25.8 Å². The maximum absolute atomic E-state index is 14.2. The first kappa shape index (κ1) is 21.6. The van der Waals surface area contributed by atoms with Crippen LogP contribution in [0.1, 0.15) is 23.8 Å². The van der Waals surface area contributed by atoms with Gasteiger partial charge in [0.15, 0.2) is 5.69 Å². The van der Waals surface area contributed by atoms with Crippen LogP contribution < -0.4 is 21.7 Å². The Morgan fingerprint density at radius 3 is 2.62 bits per heavy atom. The number of nitrogens with two attached hydrogens (primary N) is 2. The van der Waals surface area contributed by atoms with Crippen LogP contribution in [-0.4, -0.2) is 35.0 Å². The van der Waals surface area contributed by atoms with E-state index in [0.29, 0.717) is 18.2 Å². The van der Waals surface area contributed by atoms with Crippen molar-refractivity contribution in [1.29, 1.82) is 0 Å². The minimum absolute atomic E-state index is 0.0258. The minimum Gasteiger partial charge on any atom is -0.397 e. The lowest BCUT2D eigenvalue weighted by atomic mass is 9.96. The molecule has 0 bridgehead atoms. The second-order valence-corrected chi connectivity index (χ2v) is 8.08. The molecular formula is C23H24F2N6O. The molecule has 166 valence electrons. The molecule has 0 spiro atoms. The third-order valence-electron chi connectivity index (χ3n) is 5.44. The second-order valence-electron chi connectivity index (χ2n) is 8.08. The molecule has 5 N–H and O–H groups in total. The molecule has 1 aromatic carbocycles. The smallest absolute Gasteiger partial charge is 0.276 e. The molecule has 4 rings (SSSR count). The van der Waals surface area contributed by atoms with Gasteiger partial charge in [-0.3, -0.25) is 9.78 Å². The molecule has 0 aliphatic carbocycles. The Morgan fingerprint density at radius 1 is 1.16 bits per heavy atom. The molecule has 3 heterocycles. The number of nitrogen functional groups attached to an aromatic ring is 1. The summed E-state index contributed by atoms with van der Waals surface area (Å²) in [5.74, 6) is -1.76. The van der Waals surface area contributed by atoms with Gasteiger partial charge in [0.1, 0.15) is 11.6 Å². The molecule has 2 atom stereocenters. The van der Waals surface area contributed by atoms with E-state index in [0.717, 1.165) is 30.8 Å². The van der Waals surface area contributed by atoms with E-state index in [-0.39, 0.29) is 28.7 Å². The first-order chi connectivity index (χ1) is 15.3. The van der Waals surface area contributed by atoms with E-state index >= 15 is 0 Å². The van der Waals surface area contributed by atoms with Crippen molar-refractivity contribution < 1.29 is 13.6 Å². The zero-order valence-corrected chi connectivity index (χ0v) is 17.6. The topological polar surface area (TPSA) is 110 Å². The summed E-state index contributed by atoms with van der Waals surface area (Å²) >= 11 is 0. The average molecular weight is 438 g/mol. The number of carbonyl (C=O) groups is 1. The molecule has 2 aromatic heterocycles. The summed E-state index contributed by atoms with van der Waals surface area (Å²) in [7, 11) is 0. The highest BCUT2D eigenvalue weighted by atomic mass is 19.1. The lowest BCUT2D eigenvalue weighted by Gasteiger charge is -2.37. The van der Waals surface area contributed by atoms with Crippen LogP contribution in [0.5, 0.6) is 0 Å². The third kappa shape index (κ3) is 4.38. The Balaban J connectivity index is 1.65. The Morgan fingerprint density at radius 2 is 1.91 bits per heavy atom. The van der Waals surface area contributed by atoms with E-state index in [4.69, 9.17) is 11.5 Å². The molecule has 1 amide bonds. The van der Waals surface area contributed by atoms with Crippen molar-refractivity contribution in [1.82, 2.24) is 9.97 Å². The van der Waals surface area contributed by atoms with Crippen LogP contribution in [0.25, 0.3) is 11.3 Å². The molecule has 1 aliphatic rings. The van der Waals surface area contributed by atoms with Gasteiger partial charge in [0.2, 0.25) is 0 Å². The van der Waals surface area contributed by atoms with Crippen LogP contribution in [0.15, 0.2) is 48.8 Å². The summed E-state index contributed by atoms with van der Waals surface area (Å²) in [6.45, 7) is 3.58. The molecule has 0 radical (unpaired) electrons. The second kappa shape index (κ2) is 8.88. The summed E-state index contributed by atoms with van der Waals surface area (Å²) in [6.07, 6.45) is 4.11. The van der Waals surface area contributed by atoms with Crippen molar-refractivity contribution in [3.63, 3.8) is 0 Å². The van der Waals surface area contributed by atoms with Crippen LogP contribution in [0.2, 0.25) is 0 Å². The maximum atomic E-state index is 14.2. The predicted octanol–water partition coefficient (Wildman–Crippen LogP) is 3.43. The van der Waals surface area contributed by atoms with E-state index in [1.807, 2.05) is 6.07 Å². The first-order valence-corrected chi connectivity index (χ1v) is 10.3. The molecule has 7 nitrogen and oxygen atoms in total. The lowest BCUT2D eigenvalue weighted by Crippen LogP contribution is -2.46. The molecular weight excluding hydrogens is 414 g/mol. The number of pyridine rings is 2. The average Bonchev–Trinajstić information content (AvgIpc) is 2.74. The minimum atomic E-state index is -0.779. The highest BCUT2D eigenvalue weighted by Crippen LogP contribution is 2.30. The molecule has 1 fully saturated rings. The summed E-state index contributed by atoms with van der Waals surface area (Å²) in [5, 5.41) is 2.79. The van der Waals surface area contributed by atoms with Crippen LogP contribution in [0.3, 0.4) is 0 Å². The number of nitrogens with zero attached hydrogens (tertiary/aromatic N) is 3. The Kier molecular flexibility index (Phi) is 6.00. The van der Waals surface area contributed by atoms with E-state index in [9.17, 15) is 13.6 Å².